The van der Waals surface area contributed by atoms with Crippen molar-refractivity contribution in [1.29, 1.82) is 0 Å². The van der Waals surface area contributed by atoms with Gasteiger partial charge in [-0.25, -0.2) is 0 Å². The smallest absolute Gasteiger partial charge is 0.138 e. The predicted octanol–water partition coefficient (Wildman–Crippen LogP) is -1.23. The standard InChI is InChI=1S/C5H10O4/c1-3(7)5(9)4(8)2-6/h4-9H,1-2H2. The Labute approximate surface area is 52.7 Å². The van der Waals surface area contributed by atoms with E-state index in [1.165, 1.54) is 0 Å². The van der Waals surface area contributed by atoms with Crippen LogP contribution in [0.5, 0.6) is 0 Å². The van der Waals surface area contributed by atoms with Gasteiger partial charge in [0.05, 0.1) is 6.61 Å². The first kappa shape index (κ1) is 8.42. The van der Waals surface area contributed by atoms with E-state index in [-0.39, 0.29) is 0 Å². The molecule has 0 aliphatic rings. The molecule has 0 saturated carbocycles. The molecule has 0 aromatic rings. The van der Waals surface area contributed by atoms with Gasteiger partial charge in [0, 0.05) is 0 Å². The molecule has 0 spiro atoms. The molecule has 0 aliphatic heterocycles. The van der Waals surface area contributed by atoms with Gasteiger partial charge in [-0.2, -0.15) is 0 Å². The van der Waals surface area contributed by atoms with Gasteiger partial charge in [0.1, 0.15) is 18.0 Å². The Hall–Kier alpha value is -0.580. The van der Waals surface area contributed by atoms with E-state index in [0.717, 1.165) is 0 Å². The van der Waals surface area contributed by atoms with Crippen molar-refractivity contribution >= 4 is 0 Å². The lowest BCUT2D eigenvalue weighted by molar-refractivity contribution is -0.0129. The van der Waals surface area contributed by atoms with E-state index in [9.17, 15) is 0 Å². The van der Waals surface area contributed by atoms with Gasteiger partial charge in [-0.05, 0) is 0 Å². The first-order chi connectivity index (χ1) is 4.09. The molecule has 54 valence electrons. The zero-order valence-electron chi connectivity index (χ0n) is 4.86. The third-order valence-corrected chi connectivity index (χ3v) is 0.893. The second-order valence-electron chi connectivity index (χ2n) is 1.69. The molecular formula is C5H10O4. The fraction of sp³-hybridized carbons (Fsp3) is 0.600. The van der Waals surface area contributed by atoms with Crippen molar-refractivity contribution in [1.82, 2.24) is 0 Å². The zero-order chi connectivity index (χ0) is 7.44. The summed E-state index contributed by atoms with van der Waals surface area (Å²) in [4.78, 5) is 0. The van der Waals surface area contributed by atoms with Crippen LogP contribution in [0.15, 0.2) is 12.3 Å². The average Bonchev–Trinajstić information content (AvgIpc) is 1.84. The van der Waals surface area contributed by atoms with E-state index in [1.54, 1.807) is 0 Å². The summed E-state index contributed by atoms with van der Waals surface area (Å²) in [6, 6.07) is 0. The van der Waals surface area contributed by atoms with Crippen LogP contribution in [0.3, 0.4) is 0 Å². The molecular weight excluding hydrogens is 124 g/mol. The van der Waals surface area contributed by atoms with Crippen LogP contribution in [0.2, 0.25) is 0 Å². The molecule has 4 heteroatoms. The number of aliphatic hydroxyl groups is 4. The quantitative estimate of drug-likeness (QED) is 0.364. The molecule has 0 aromatic carbocycles. The topological polar surface area (TPSA) is 80.9 Å². The van der Waals surface area contributed by atoms with Crippen molar-refractivity contribution in [3.05, 3.63) is 12.3 Å². The van der Waals surface area contributed by atoms with Gasteiger partial charge in [-0.1, -0.05) is 6.58 Å². The monoisotopic (exact) mass is 134 g/mol. The molecule has 0 rings (SSSR count). The SMILES string of the molecule is C=C(O)C(O)C(O)CO. The largest absolute Gasteiger partial charge is 0.510 e. The molecule has 2 unspecified atom stereocenters. The Morgan fingerprint density at radius 3 is 2.00 bits per heavy atom. The fourth-order valence-corrected chi connectivity index (χ4v) is 0.322. The van der Waals surface area contributed by atoms with E-state index in [2.05, 4.69) is 6.58 Å². The van der Waals surface area contributed by atoms with Crippen molar-refractivity contribution in [3.63, 3.8) is 0 Å². The van der Waals surface area contributed by atoms with E-state index in [4.69, 9.17) is 20.4 Å². The Balaban J connectivity index is 3.72. The first-order valence-corrected chi connectivity index (χ1v) is 2.44. The number of hydrogen-bond acceptors (Lipinski definition) is 4. The third-order valence-electron chi connectivity index (χ3n) is 0.893. The highest BCUT2D eigenvalue weighted by atomic mass is 16.4. The highest BCUT2D eigenvalue weighted by Gasteiger charge is 2.16. The minimum absolute atomic E-state index is 0.545. The zero-order valence-corrected chi connectivity index (χ0v) is 4.86. The first-order valence-electron chi connectivity index (χ1n) is 2.44. The summed E-state index contributed by atoms with van der Waals surface area (Å²) in [7, 11) is 0. The molecule has 4 N–H and O–H groups in total. The Kier molecular flexibility index (Phi) is 3.22. The summed E-state index contributed by atoms with van der Waals surface area (Å²) >= 11 is 0. The maximum atomic E-state index is 8.64. The number of aliphatic hydroxyl groups excluding tert-OH is 4. The molecule has 2 atom stereocenters. The molecule has 4 nitrogen and oxygen atoms in total. The lowest BCUT2D eigenvalue weighted by atomic mass is 10.2. The molecule has 0 heterocycles. The van der Waals surface area contributed by atoms with Crippen molar-refractivity contribution in [2.75, 3.05) is 6.61 Å². The molecule has 0 aromatic heterocycles. The number of hydrogen-bond donors (Lipinski definition) is 4. The molecule has 0 amide bonds. The van der Waals surface area contributed by atoms with Crippen LogP contribution in [0.1, 0.15) is 0 Å². The predicted molar refractivity (Wildman–Crippen MR) is 30.9 cm³/mol. The van der Waals surface area contributed by atoms with E-state index < -0.39 is 24.6 Å². The van der Waals surface area contributed by atoms with Crippen LogP contribution in [-0.4, -0.2) is 39.2 Å². The normalized spacial score (nSPS) is 16.8. The summed E-state index contributed by atoms with van der Waals surface area (Å²) in [5.74, 6) is -0.545. The van der Waals surface area contributed by atoms with Crippen LogP contribution >= 0.6 is 0 Å². The Bertz CT molecular complexity index is 101. The number of rotatable bonds is 3. The third kappa shape index (κ3) is 2.46. The molecule has 0 saturated heterocycles. The Morgan fingerprint density at radius 2 is 1.89 bits per heavy atom. The van der Waals surface area contributed by atoms with Gasteiger partial charge >= 0.3 is 0 Å². The van der Waals surface area contributed by atoms with Crippen LogP contribution in [0.25, 0.3) is 0 Å². The van der Waals surface area contributed by atoms with Gasteiger partial charge in [0.15, 0.2) is 0 Å². The van der Waals surface area contributed by atoms with Crippen molar-refractivity contribution in [2.45, 2.75) is 12.2 Å². The second kappa shape index (κ2) is 3.45. The van der Waals surface area contributed by atoms with Gasteiger partial charge in [0.2, 0.25) is 0 Å². The fourth-order valence-electron chi connectivity index (χ4n) is 0.322. The van der Waals surface area contributed by atoms with E-state index in [1.807, 2.05) is 0 Å². The van der Waals surface area contributed by atoms with Crippen LogP contribution in [0, 0.1) is 0 Å². The van der Waals surface area contributed by atoms with Crippen molar-refractivity contribution in [3.8, 4) is 0 Å². The van der Waals surface area contributed by atoms with Crippen molar-refractivity contribution < 1.29 is 20.4 Å². The maximum absolute atomic E-state index is 8.64. The van der Waals surface area contributed by atoms with E-state index >= 15 is 0 Å². The van der Waals surface area contributed by atoms with Gasteiger partial charge in [0.25, 0.3) is 0 Å². The van der Waals surface area contributed by atoms with Gasteiger partial charge in [-0.3, -0.25) is 0 Å². The lowest BCUT2D eigenvalue weighted by Gasteiger charge is -2.12. The van der Waals surface area contributed by atoms with Gasteiger partial charge in [-0.15, -0.1) is 0 Å². The highest BCUT2D eigenvalue weighted by molar-refractivity contribution is 4.92. The summed E-state index contributed by atoms with van der Waals surface area (Å²) in [5, 5.41) is 33.8. The molecule has 0 radical (unpaired) electrons. The molecule has 0 aliphatic carbocycles. The molecule has 0 fully saturated rings. The van der Waals surface area contributed by atoms with Crippen molar-refractivity contribution in [2.24, 2.45) is 0 Å². The second-order valence-corrected chi connectivity index (χ2v) is 1.69. The summed E-state index contributed by atoms with van der Waals surface area (Å²) in [6.07, 6.45) is -2.79. The molecule has 0 bridgehead atoms. The minimum atomic E-state index is -1.45. The van der Waals surface area contributed by atoms with E-state index in [0.29, 0.717) is 0 Å². The van der Waals surface area contributed by atoms with Crippen LogP contribution in [-0.2, 0) is 0 Å². The van der Waals surface area contributed by atoms with Gasteiger partial charge < -0.3 is 20.4 Å². The maximum Gasteiger partial charge on any atom is 0.138 e. The van der Waals surface area contributed by atoms with Crippen LogP contribution in [0.4, 0.5) is 0 Å². The minimum Gasteiger partial charge on any atom is -0.510 e. The highest BCUT2D eigenvalue weighted by Crippen LogP contribution is 1.99. The average molecular weight is 134 g/mol. The lowest BCUT2D eigenvalue weighted by Crippen LogP contribution is -2.30. The van der Waals surface area contributed by atoms with Crippen LogP contribution < -0.4 is 0 Å². The summed E-state index contributed by atoms with van der Waals surface area (Å²) < 4.78 is 0. The Morgan fingerprint density at radius 1 is 1.44 bits per heavy atom. The summed E-state index contributed by atoms with van der Waals surface area (Å²) in [6.45, 7) is 2.36. The summed E-state index contributed by atoms with van der Waals surface area (Å²) in [5.41, 5.74) is 0. The molecule has 9 heavy (non-hydrogen) atoms.